The second-order valence-corrected chi connectivity index (χ2v) is 8.93. The van der Waals surface area contributed by atoms with Crippen LogP contribution in [0.1, 0.15) is 43.7 Å². The summed E-state index contributed by atoms with van der Waals surface area (Å²) in [5.41, 5.74) is 3.10. The van der Waals surface area contributed by atoms with Gasteiger partial charge in [-0.05, 0) is 74.5 Å². The van der Waals surface area contributed by atoms with E-state index in [1.54, 1.807) is 43.3 Å². The van der Waals surface area contributed by atoms with Crippen molar-refractivity contribution in [2.24, 2.45) is 0 Å². The van der Waals surface area contributed by atoms with E-state index in [9.17, 15) is 18.8 Å². The number of benzene rings is 4. The van der Waals surface area contributed by atoms with Gasteiger partial charge in [-0.2, -0.15) is 0 Å². The van der Waals surface area contributed by atoms with E-state index in [1.807, 2.05) is 41.8 Å². The van der Waals surface area contributed by atoms with Crippen molar-refractivity contribution in [2.75, 3.05) is 11.9 Å². The number of para-hydroxylation sites is 2. The Morgan fingerprint density at radius 2 is 1.60 bits per heavy atom. The SMILES string of the molecule is CCOC(=O)c1c(C)n(-c2ccccc2)c2ccc(OC(=O)c3ccccc3NC(=O)c3cccc(F)c3)cc12. The van der Waals surface area contributed by atoms with Crippen LogP contribution >= 0.6 is 0 Å². The number of hydrogen-bond donors (Lipinski definition) is 1. The van der Waals surface area contributed by atoms with Crippen molar-refractivity contribution in [1.82, 2.24) is 4.57 Å². The lowest BCUT2D eigenvalue weighted by Gasteiger charge is -2.11. The number of hydrogen-bond acceptors (Lipinski definition) is 5. The van der Waals surface area contributed by atoms with Crippen molar-refractivity contribution in [3.8, 4) is 11.4 Å². The summed E-state index contributed by atoms with van der Waals surface area (Å²) in [6, 6.07) is 26.2. The third-order valence-corrected chi connectivity index (χ3v) is 6.36. The first-order chi connectivity index (χ1) is 19.4. The molecule has 0 fully saturated rings. The molecule has 0 unspecified atom stereocenters. The summed E-state index contributed by atoms with van der Waals surface area (Å²) < 4.78 is 26.6. The largest absolute Gasteiger partial charge is 0.462 e. The highest BCUT2D eigenvalue weighted by Crippen LogP contribution is 2.33. The first kappa shape index (κ1) is 26.4. The van der Waals surface area contributed by atoms with Gasteiger partial charge in [0.2, 0.25) is 0 Å². The molecule has 5 aromatic rings. The van der Waals surface area contributed by atoms with Gasteiger partial charge in [-0.3, -0.25) is 4.79 Å². The molecular formula is C32H25FN2O5. The highest BCUT2D eigenvalue weighted by Gasteiger charge is 2.23. The van der Waals surface area contributed by atoms with Crippen LogP contribution in [0.2, 0.25) is 0 Å². The van der Waals surface area contributed by atoms with Gasteiger partial charge in [0.15, 0.2) is 0 Å². The van der Waals surface area contributed by atoms with Crippen LogP contribution in [0.15, 0.2) is 97.1 Å². The maximum atomic E-state index is 13.6. The zero-order valence-electron chi connectivity index (χ0n) is 21.8. The van der Waals surface area contributed by atoms with Crippen LogP contribution in [0.5, 0.6) is 5.75 Å². The summed E-state index contributed by atoms with van der Waals surface area (Å²) in [7, 11) is 0. The van der Waals surface area contributed by atoms with Crippen LogP contribution in [-0.4, -0.2) is 29.0 Å². The number of anilines is 1. The molecule has 4 aromatic carbocycles. The zero-order valence-corrected chi connectivity index (χ0v) is 21.8. The standard InChI is InChI=1S/C32H25FN2O5/c1-3-39-32(38)29-20(2)35(23-12-5-4-6-13-23)28-17-16-24(19-26(28)29)40-31(37)25-14-7-8-15-27(25)34-30(36)21-10-9-11-22(33)18-21/h4-19H,3H2,1-2H3,(H,34,36). The molecular weight excluding hydrogens is 511 g/mol. The number of ether oxygens (including phenoxy) is 2. The molecule has 1 heterocycles. The molecule has 7 nitrogen and oxygen atoms in total. The Kier molecular flexibility index (Phi) is 7.41. The second kappa shape index (κ2) is 11.2. The first-order valence-corrected chi connectivity index (χ1v) is 12.6. The minimum absolute atomic E-state index is 0.107. The van der Waals surface area contributed by atoms with E-state index in [1.165, 1.54) is 24.3 Å². The predicted octanol–water partition coefficient (Wildman–Crippen LogP) is 6.73. The van der Waals surface area contributed by atoms with Crippen LogP contribution < -0.4 is 10.1 Å². The Balaban J connectivity index is 1.48. The topological polar surface area (TPSA) is 86.6 Å². The minimum Gasteiger partial charge on any atom is -0.462 e. The molecule has 5 rings (SSSR count). The zero-order chi connectivity index (χ0) is 28.2. The molecule has 0 radical (unpaired) electrons. The molecule has 200 valence electrons. The summed E-state index contributed by atoms with van der Waals surface area (Å²) in [6.07, 6.45) is 0. The lowest BCUT2D eigenvalue weighted by atomic mass is 10.1. The summed E-state index contributed by atoms with van der Waals surface area (Å²) in [6.45, 7) is 3.78. The smallest absolute Gasteiger partial charge is 0.345 e. The van der Waals surface area contributed by atoms with Crippen LogP contribution in [0.4, 0.5) is 10.1 Å². The van der Waals surface area contributed by atoms with Gasteiger partial charge >= 0.3 is 11.9 Å². The van der Waals surface area contributed by atoms with E-state index < -0.39 is 23.7 Å². The molecule has 0 aliphatic rings. The van der Waals surface area contributed by atoms with E-state index in [0.29, 0.717) is 16.6 Å². The number of halogens is 1. The number of nitrogens with one attached hydrogen (secondary N) is 1. The Hall–Kier alpha value is -5.24. The van der Waals surface area contributed by atoms with Crippen molar-refractivity contribution in [3.63, 3.8) is 0 Å². The van der Waals surface area contributed by atoms with Crippen LogP contribution in [0.25, 0.3) is 16.6 Å². The van der Waals surface area contributed by atoms with E-state index in [4.69, 9.17) is 9.47 Å². The average molecular weight is 537 g/mol. The van der Waals surface area contributed by atoms with Crippen molar-refractivity contribution in [1.29, 1.82) is 0 Å². The Bertz CT molecular complexity index is 1740. The predicted molar refractivity (Wildman–Crippen MR) is 150 cm³/mol. The lowest BCUT2D eigenvalue weighted by molar-refractivity contribution is 0.0527. The third kappa shape index (κ3) is 5.19. The minimum atomic E-state index is -0.716. The molecule has 0 bridgehead atoms. The van der Waals surface area contributed by atoms with Gasteiger partial charge in [0.25, 0.3) is 5.91 Å². The highest BCUT2D eigenvalue weighted by molar-refractivity contribution is 6.09. The molecule has 8 heteroatoms. The van der Waals surface area contributed by atoms with Crippen molar-refractivity contribution in [2.45, 2.75) is 13.8 Å². The number of fused-ring (bicyclic) bond motifs is 1. The number of rotatable bonds is 7. The number of nitrogens with zero attached hydrogens (tertiary/aromatic N) is 1. The van der Waals surface area contributed by atoms with Gasteiger partial charge < -0.3 is 19.4 Å². The summed E-state index contributed by atoms with van der Waals surface area (Å²) in [4.78, 5) is 38.9. The number of amides is 1. The Morgan fingerprint density at radius 1 is 0.850 bits per heavy atom. The Morgan fingerprint density at radius 3 is 2.35 bits per heavy atom. The van der Waals surface area contributed by atoms with Crippen LogP contribution in [0, 0.1) is 12.7 Å². The first-order valence-electron chi connectivity index (χ1n) is 12.6. The molecule has 1 aromatic heterocycles. The van der Waals surface area contributed by atoms with E-state index in [-0.39, 0.29) is 29.2 Å². The molecule has 1 amide bonds. The molecule has 40 heavy (non-hydrogen) atoms. The van der Waals surface area contributed by atoms with Crippen molar-refractivity contribution < 1.29 is 28.2 Å². The maximum Gasteiger partial charge on any atom is 0.345 e. The van der Waals surface area contributed by atoms with E-state index in [2.05, 4.69) is 5.32 Å². The molecule has 1 N–H and O–H groups in total. The fraction of sp³-hybridized carbons (Fsp3) is 0.0938. The van der Waals surface area contributed by atoms with E-state index >= 15 is 0 Å². The summed E-state index contributed by atoms with van der Waals surface area (Å²) >= 11 is 0. The number of aromatic nitrogens is 1. The second-order valence-electron chi connectivity index (χ2n) is 8.93. The van der Waals surface area contributed by atoms with Gasteiger partial charge in [-0.15, -0.1) is 0 Å². The normalized spacial score (nSPS) is 10.8. The van der Waals surface area contributed by atoms with E-state index in [0.717, 1.165) is 17.3 Å². The molecule has 0 saturated carbocycles. The fourth-order valence-electron chi connectivity index (χ4n) is 4.59. The number of esters is 2. The fourth-order valence-corrected chi connectivity index (χ4v) is 4.59. The summed E-state index contributed by atoms with van der Waals surface area (Å²) in [5.74, 6) is -2.10. The van der Waals surface area contributed by atoms with Crippen LogP contribution in [-0.2, 0) is 4.74 Å². The monoisotopic (exact) mass is 536 g/mol. The van der Waals surface area contributed by atoms with Gasteiger partial charge in [0.1, 0.15) is 11.6 Å². The Labute approximate surface area is 229 Å². The summed E-state index contributed by atoms with van der Waals surface area (Å²) in [5, 5.41) is 3.21. The lowest BCUT2D eigenvalue weighted by Crippen LogP contribution is -2.17. The molecule has 0 saturated heterocycles. The average Bonchev–Trinajstić information content (AvgIpc) is 3.24. The number of carbonyl (C=O) groups excluding carboxylic acids is 3. The molecule has 0 atom stereocenters. The van der Waals surface area contributed by atoms with Gasteiger partial charge in [-0.25, -0.2) is 14.0 Å². The maximum absolute atomic E-state index is 13.6. The molecule has 0 spiro atoms. The van der Waals surface area contributed by atoms with Gasteiger partial charge in [0, 0.05) is 22.3 Å². The van der Waals surface area contributed by atoms with Crippen molar-refractivity contribution >= 4 is 34.4 Å². The van der Waals surface area contributed by atoms with Gasteiger partial charge in [0.05, 0.1) is 28.9 Å². The quantitative estimate of drug-likeness (QED) is 0.184. The molecule has 0 aliphatic heterocycles. The molecule has 0 aliphatic carbocycles. The van der Waals surface area contributed by atoms with Crippen molar-refractivity contribution in [3.05, 3.63) is 125 Å². The number of carbonyl (C=O) groups is 3. The van der Waals surface area contributed by atoms with Crippen LogP contribution in [0.3, 0.4) is 0 Å². The third-order valence-electron chi connectivity index (χ3n) is 6.36. The highest BCUT2D eigenvalue weighted by atomic mass is 19.1. The van der Waals surface area contributed by atoms with Gasteiger partial charge in [-0.1, -0.05) is 36.4 Å².